The third kappa shape index (κ3) is 3.37. The molecule has 1 N–H and O–H groups in total. The van der Waals surface area contributed by atoms with Crippen LogP contribution >= 0.6 is 0 Å². The molecule has 0 aromatic carbocycles. The van der Waals surface area contributed by atoms with Crippen LogP contribution in [-0.2, 0) is 0 Å². The lowest BCUT2D eigenvalue weighted by molar-refractivity contribution is 0.711. The van der Waals surface area contributed by atoms with Crippen molar-refractivity contribution in [3.05, 3.63) is 11.9 Å². The standard InChI is InChI=1S/C15H26N4/c1-5-8-16-13-10-14(18-15(17-13)11(2)3)19-9-6-7-12(19)4/h10-12H,5-9H2,1-4H3,(H,16,17,18). The van der Waals surface area contributed by atoms with Gasteiger partial charge in [0, 0.05) is 31.1 Å². The van der Waals surface area contributed by atoms with E-state index in [9.17, 15) is 0 Å². The van der Waals surface area contributed by atoms with Gasteiger partial charge in [0.15, 0.2) is 0 Å². The van der Waals surface area contributed by atoms with Gasteiger partial charge in [-0.3, -0.25) is 0 Å². The summed E-state index contributed by atoms with van der Waals surface area (Å²) in [4.78, 5) is 11.8. The van der Waals surface area contributed by atoms with E-state index in [0.717, 1.165) is 37.0 Å². The van der Waals surface area contributed by atoms with Gasteiger partial charge in [0.25, 0.3) is 0 Å². The van der Waals surface area contributed by atoms with E-state index in [-0.39, 0.29) is 0 Å². The van der Waals surface area contributed by atoms with E-state index in [2.05, 4.69) is 49.0 Å². The zero-order valence-electron chi connectivity index (χ0n) is 12.6. The van der Waals surface area contributed by atoms with Crippen LogP contribution < -0.4 is 10.2 Å². The molecule has 1 fully saturated rings. The Bertz CT molecular complexity index is 417. The molecule has 4 heteroatoms. The normalized spacial score (nSPS) is 19.2. The van der Waals surface area contributed by atoms with Crippen molar-refractivity contribution >= 4 is 11.6 Å². The molecule has 2 rings (SSSR count). The molecule has 1 unspecified atom stereocenters. The minimum atomic E-state index is 0.361. The summed E-state index contributed by atoms with van der Waals surface area (Å²) in [6, 6.07) is 2.69. The van der Waals surface area contributed by atoms with Crippen LogP contribution in [0.15, 0.2) is 6.07 Å². The molecule has 0 aliphatic carbocycles. The summed E-state index contributed by atoms with van der Waals surface area (Å²) in [6.45, 7) is 10.8. The highest BCUT2D eigenvalue weighted by Crippen LogP contribution is 2.26. The highest BCUT2D eigenvalue weighted by molar-refractivity contribution is 5.51. The van der Waals surface area contributed by atoms with Crippen LogP contribution in [0.25, 0.3) is 0 Å². The second kappa shape index (κ2) is 6.22. The predicted molar refractivity (Wildman–Crippen MR) is 80.9 cm³/mol. The second-order valence-corrected chi connectivity index (χ2v) is 5.74. The molecule has 1 aromatic heterocycles. The minimum absolute atomic E-state index is 0.361. The summed E-state index contributed by atoms with van der Waals surface area (Å²) in [5.74, 6) is 3.35. The number of hydrogen-bond acceptors (Lipinski definition) is 4. The van der Waals surface area contributed by atoms with Gasteiger partial charge in [0.05, 0.1) is 0 Å². The van der Waals surface area contributed by atoms with Crippen LogP contribution in [0.5, 0.6) is 0 Å². The van der Waals surface area contributed by atoms with Crippen molar-refractivity contribution in [3.63, 3.8) is 0 Å². The lowest BCUT2D eigenvalue weighted by Gasteiger charge is -2.24. The van der Waals surface area contributed by atoms with Gasteiger partial charge in [-0.2, -0.15) is 0 Å². The first-order valence-corrected chi connectivity index (χ1v) is 7.51. The maximum atomic E-state index is 4.75. The average molecular weight is 262 g/mol. The van der Waals surface area contributed by atoms with Gasteiger partial charge >= 0.3 is 0 Å². The average Bonchev–Trinajstić information content (AvgIpc) is 2.82. The number of anilines is 2. The summed E-state index contributed by atoms with van der Waals surface area (Å²) in [6.07, 6.45) is 3.63. The van der Waals surface area contributed by atoms with Gasteiger partial charge in [-0.1, -0.05) is 20.8 Å². The van der Waals surface area contributed by atoms with Gasteiger partial charge < -0.3 is 10.2 Å². The SMILES string of the molecule is CCCNc1cc(N2CCCC2C)nc(C(C)C)n1. The Morgan fingerprint density at radius 2 is 2.21 bits per heavy atom. The first-order valence-electron chi connectivity index (χ1n) is 7.51. The van der Waals surface area contributed by atoms with E-state index in [1.54, 1.807) is 0 Å². The summed E-state index contributed by atoms with van der Waals surface area (Å²) < 4.78 is 0. The molecule has 4 nitrogen and oxygen atoms in total. The van der Waals surface area contributed by atoms with E-state index >= 15 is 0 Å². The fourth-order valence-electron chi connectivity index (χ4n) is 2.48. The molecule has 0 radical (unpaired) electrons. The molecule has 1 aromatic rings. The van der Waals surface area contributed by atoms with Crippen LogP contribution in [0.3, 0.4) is 0 Å². The van der Waals surface area contributed by atoms with Gasteiger partial charge in [0.1, 0.15) is 17.5 Å². The van der Waals surface area contributed by atoms with E-state index in [1.807, 2.05) is 0 Å². The number of nitrogens with zero attached hydrogens (tertiary/aromatic N) is 3. The number of rotatable bonds is 5. The Hall–Kier alpha value is -1.32. The topological polar surface area (TPSA) is 41.0 Å². The second-order valence-electron chi connectivity index (χ2n) is 5.74. The minimum Gasteiger partial charge on any atom is -0.370 e. The number of nitrogens with one attached hydrogen (secondary N) is 1. The monoisotopic (exact) mass is 262 g/mol. The first kappa shape index (κ1) is 14.1. The van der Waals surface area contributed by atoms with Crippen molar-refractivity contribution in [3.8, 4) is 0 Å². The van der Waals surface area contributed by atoms with Crippen molar-refractivity contribution in [1.82, 2.24) is 9.97 Å². The van der Waals surface area contributed by atoms with Crippen molar-refractivity contribution < 1.29 is 0 Å². The van der Waals surface area contributed by atoms with Crippen LogP contribution in [0.2, 0.25) is 0 Å². The Morgan fingerprint density at radius 3 is 2.79 bits per heavy atom. The molecule has 1 atom stereocenters. The highest BCUT2D eigenvalue weighted by atomic mass is 15.2. The first-order chi connectivity index (χ1) is 9.11. The van der Waals surface area contributed by atoms with E-state index < -0.39 is 0 Å². The largest absolute Gasteiger partial charge is 0.370 e. The molecule has 0 bridgehead atoms. The Kier molecular flexibility index (Phi) is 4.61. The smallest absolute Gasteiger partial charge is 0.135 e. The summed E-state index contributed by atoms with van der Waals surface area (Å²) in [5, 5.41) is 3.39. The van der Waals surface area contributed by atoms with Crippen molar-refractivity contribution in [2.24, 2.45) is 0 Å². The lowest BCUT2D eigenvalue weighted by atomic mass is 10.2. The molecule has 1 saturated heterocycles. The van der Waals surface area contributed by atoms with Crippen LogP contribution in [0, 0.1) is 0 Å². The molecule has 1 aliphatic heterocycles. The molecule has 2 heterocycles. The van der Waals surface area contributed by atoms with E-state index in [0.29, 0.717) is 12.0 Å². The Labute approximate surface area is 116 Å². The van der Waals surface area contributed by atoms with Gasteiger partial charge in [0.2, 0.25) is 0 Å². The lowest BCUT2D eigenvalue weighted by Crippen LogP contribution is -2.28. The third-order valence-corrected chi connectivity index (χ3v) is 3.65. The van der Waals surface area contributed by atoms with E-state index in [1.165, 1.54) is 12.8 Å². The zero-order valence-corrected chi connectivity index (χ0v) is 12.6. The van der Waals surface area contributed by atoms with Crippen molar-refractivity contribution in [1.29, 1.82) is 0 Å². The summed E-state index contributed by atoms with van der Waals surface area (Å²) in [7, 11) is 0. The Balaban J connectivity index is 2.28. The fraction of sp³-hybridized carbons (Fsp3) is 0.733. The molecule has 19 heavy (non-hydrogen) atoms. The van der Waals surface area contributed by atoms with Crippen molar-refractivity contribution in [2.45, 2.75) is 58.9 Å². The van der Waals surface area contributed by atoms with Gasteiger partial charge in [-0.05, 0) is 26.2 Å². The highest BCUT2D eigenvalue weighted by Gasteiger charge is 2.23. The zero-order chi connectivity index (χ0) is 13.8. The molecular formula is C15H26N4. The summed E-state index contributed by atoms with van der Waals surface area (Å²) in [5.41, 5.74) is 0. The van der Waals surface area contributed by atoms with E-state index in [4.69, 9.17) is 4.98 Å². The fourth-order valence-corrected chi connectivity index (χ4v) is 2.48. The molecule has 106 valence electrons. The van der Waals surface area contributed by atoms with Crippen LogP contribution in [0.1, 0.15) is 58.7 Å². The summed E-state index contributed by atoms with van der Waals surface area (Å²) >= 11 is 0. The number of aromatic nitrogens is 2. The third-order valence-electron chi connectivity index (χ3n) is 3.65. The molecule has 1 aliphatic rings. The van der Waals surface area contributed by atoms with Crippen LogP contribution in [0.4, 0.5) is 11.6 Å². The van der Waals surface area contributed by atoms with Crippen LogP contribution in [-0.4, -0.2) is 29.1 Å². The molecular weight excluding hydrogens is 236 g/mol. The number of hydrogen-bond donors (Lipinski definition) is 1. The molecule has 0 saturated carbocycles. The predicted octanol–water partition coefficient (Wildman–Crippen LogP) is 3.41. The molecule has 0 amide bonds. The molecule has 0 spiro atoms. The maximum absolute atomic E-state index is 4.75. The maximum Gasteiger partial charge on any atom is 0.135 e. The quantitative estimate of drug-likeness (QED) is 0.883. The van der Waals surface area contributed by atoms with Gasteiger partial charge in [-0.15, -0.1) is 0 Å². The van der Waals surface area contributed by atoms with Gasteiger partial charge in [-0.25, -0.2) is 9.97 Å². The van der Waals surface area contributed by atoms with Crippen molar-refractivity contribution in [2.75, 3.05) is 23.3 Å². The Morgan fingerprint density at radius 1 is 1.42 bits per heavy atom.